The Bertz CT molecular complexity index is 1380. The molecule has 190 valence electrons. The van der Waals surface area contributed by atoms with Crippen LogP contribution in [0.1, 0.15) is 86.3 Å². The van der Waals surface area contributed by atoms with Crippen LogP contribution in [0, 0.1) is 17.8 Å². The quantitative estimate of drug-likeness (QED) is 0.371. The van der Waals surface area contributed by atoms with Gasteiger partial charge in [0.05, 0.1) is 18.7 Å². The summed E-state index contributed by atoms with van der Waals surface area (Å²) < 4.78 is 5.09. The Morgan fingerprint density at radius 2 is 1.84 bits per heavy atom. The van der Waals surface area contributed by atoms with Crippen LogP contribution in [0.15, 0.2) is 48.5 Å². The van der Waals surface area contributed by atoms with Crippen molar-refractivity contribution < 1.29 is 14.3 Å². The van der Waals surface area contributed by atoms with Crippen molar-refractivity contribution >= 4 is 33.9 Å². The summed E-state index contributed by atoms with van der Waals surface area (Å²) in [6, 6.07) is 17.3. The largest absolute Gasteiger partial charge is 0.465 e. The number of hydrogen-bond acceptors (Lipinski definition) is 5. The Labute approximate surface area is 221 Å². The molecule has 1 aliphatic heterocycles. The monoisotopic (exact) mass is 512 g/mol. The van der Waals surface area contributed by atoms with Gasteiger partial charge in [0.25, 0.3) is 5.91 Å². The minimum atomic E-state index is -0.360. The molecule has 0 unspecified atom stereocenters. The highest BCUT2D eigenvalue weighted by Gasteiger charge is 2.53. The van der Waals surface area contributed by atoms with Crippen molar-refractivity contribution in [1.29, 1.82) is 0 Å². The molecular formula is C31H32N2O3S. The number of ether oxygens (including phenoxy) is 1. The molecule has 3 aromatic rings. The normalized spacial score (nSPS) is 27.0. The highest BCUT2D eigenvalue weighted by atomic mass is 32.1. The van der Waals surface area contributed by atoms with Gasteiger partial charge in [0.1, 0.15) is 5.00 Å². The Kier molecular flexibility index (Phi) is 5.61. The standard InChI is InChI=1S/C31H32N2O3S/c1-36-31(35)27-21-9-5-6-10-24(21)37-30(27)33-29(34)20-13-14-23-22(16-20)25-18-11-12-19(15-18)26(25)28(32-23)17-7-3-2-4-8-17/h2-4,7-8,13-14,16,18-19,25-26,28,32H,5-6,9-12,15H2,1H3,(H,33,34)/t18-,19-,25-,26-,28+/m0/s1. The van der Waals surface area contributed by atoms with E-state index in [0.717, 1.165) is 42.9 Å². The van der Waals surface area contributed by atoms with Crippen molar-refractivity contribution in [1.82, 2.24) is 0 Å². The first-order chi connectivity index (χ1) is 18.1. The smallest absolute Gasteiger partial charge is 0.341 e. The zero-order valence-corrected chi connectivity index (χ0v) is 21.9. The number of anilines is 2. The van der Waals surface area contributed by atoms with Gasteiger partial charge >= 0.3 is 5.97 Å². The number of hydrogen-bond donors (Lipinski definition) is 2. The number of fused-ring (bicyclic) bond motifs is 8. The van der Waals surface area contributed by atoms with Crippen molar-refractivity contribution in [2.75, 3.05) is 17.7 Å². The fourth-order valence-electron chi connectivity index (χ4n) is 7.76. The lowest BCUT2D eigenvalue weighted by Gasteiger charge is -2.43. The van der Waals surface area contributed by atoms with Crippen molar-refractivity contribution in [3.05, 3.63) is 81.2 Å². The van der Waals surface area contributed by atoms with E-state index in [1.807, 2.05) is 6.07 Å². The number of amides is 1. The summed E-state index contributed by atoms with van der Waals surface area (Å²) in [6.45, 7) is 0. The fourth-order valence-corrected chi connectivity index (χ4v) is 9.04. The van der Waals surface area contributed by atoms with Crippen LogP contribution in [0.5, 0.6) is 0 Å². The van der Waals surface area contributed by atoms with E-state index in [-0.39, 0.29) is 11.9 Å². The summed E-state index contributed by atoms with van der Waals surface area (Å²) in [6.07, 6.45) is 7.89. The second-order valence-electron chi connectivity index (χ2n) is 11.1. The molecular weight excluding hydrogens is 480 g/mol. The van der Waals surface area contributed by atoms with Gasteiger partial charge in [-0.3, -0.25) is 4.79 Å². The van der Waals surface area contributed by atoms with Crippen LogP contribution in [-0.2, 0) is 17.6 Å². The highest BCUT2D eigenvalue weighted by Crippen LogP contribution is 2.63. The van der Waals surface area contributed by atoms with Crippen molar-refractivity contribution in [3.8, 4) is 0 Å². The number of carbonyl (C=O) groups excluding carboxylic acids is 2. The second-order valence-corrected chi connectivity index (χ2v) is 12.2. The van der Waals surface area contributed by atoms with Gasteiger partial charge < -0.3 is 15.4 Å². The molecule has 5 atom stereocenters. The van der Waals surface area contributed by atoms with Crippen molar-refractivity contribution in [3.63, 3.8) is 0 Å². The minimum Gasteiger partial charge on any atom is -0.465 e. The summed E-state index contributed by atoms with van der Waals surface area (Å²) >= 11 is 1.54. The summed E-state index contributed by atoms with van der Waals surface area (Å²) in [5, 5.41) is 7.58. The molecule has 2 bridgehead atoms. The molecule has 4 aliphatic rings. The Morgan fingerprint density at radius 3 is 2.68 bits per heavy atom. The molecule has 2 heterocycles. The first-order valence-corrected chi connectivity index (χ1v) is 14.4. The molecule has 37 heavy (non-hydrogen) atoms. The number of nitrogens with one attached hydrogen (secondary N) is 2. The topological polar surface area (TPSA) is 67.4 Å². The lowest BCUT2D eigenvalue weighted by molar-refractivity contribution is 0.0601. The van der Waals surface area contributed by atoms with Gasteiger partial charge in [-0.05, 0) is 104 Å². The highest BCUT2D eigenvalue weighted by molar-refractivity contribution is 7.17. The number of methoxy groups -OCH3 is 1. The van der Waals surface area contributed by atoms with E-state index in [1.165, 1.54) is 53.7 Å². The van der Waals surface area contributed by atoms with Gasteiger partial charge in [0, 0.05) is 16.1 Å². The Morgan fingerprint density at radius 1 is 1.03 bits per heavy atom. The predicted octanol–water partition coefficient (Wildman–Crippen LogP) is 6.96. The SMILES string of the molecule is COC(=O)c1c(NC(=O)c2ccc3c(c2)[C@@H]2[C@H]4CC[C@@H](C4)[C@@H]2[C@@H](c2ccccc2)N3)sc2c1CCCC2. The van der Waals surface area contributed by atoms with Crippen LogP contribution in [0.25, 0.3) is 0 Å². The second kappa shape index (κ2) is 9.02. The van der Waals surface area contributed by atoms with E-state index < -0.39 is 0 Å². The summed E-state index contributed by atoms with van der Waals surface area (Å²) in [4.78, 5) is 27.4. The van der Waals surface area contributed by atoms with Gasteiger partial charge in [-0.25, -0.2) is 4.79 Å². The van der Waals surface area contributed by atoms with Gasteiger partial charge in [0.2, 0.25) is 0 Å². The molecule has 1 aromatic heterocycles. The predicted molar refractivity (Wildman–Crippen MR) is 147 cm³/mol. The maximum atomic E-state index is 13.5. The number of esters is 1. The van der Waals surface area contributed by atoms with Crippen LogP contribution in [0.2, 0.25) is 0 Å². The maximum Gasteiger partial charge on any atom is 0.341 e. The Hall–Kier alpha value is -3.12. The molecule has 2 fully saturated rings. The van der Waals surface area contributed by atoms with Gasteiger partial charge in [-0.1, -0.05) is 30.3 Å². The third kappa shape index (κ3) is 3.71. The summed E-state index contributed by atoms with van der Waals surface area (Å²) in [7, 11) is 1.41. The van der Waals surface area contributed by atoms with Gasteiger partial charge in [-0.15, -0.1) is 11.3 Å². The maximum absolute atomic E-state index is 13.5. The molecule has 0 spiro atoms. The molecule has 3 aliphatic carbocycles. The van der Waals surface area contributed by atoms with Gasteiger partial charge in [-0.2, -0.15) is 0 Å². The van der Waals surface area contributed by atoms with Crippen LogP contribution in [-0.4, -0.2) is 19.0 Å². The van der Waals surface area contributed by atoms with E-state index >= 15 is 0 Å². The molecule has 7 rings (SSSR count). The summed E-state index contributed by atoms with van der Waals surface area (Å²) in [5.41, 5.74) is 6.06. The minimum absolute atomic E-state index is 0.156. The van der Waals surface area contributed by atoms with Crippen LogP contribution >= 0.6 is 11.3 Å². The van der Waals surface area contributed by atoms with Crippen molar-refractivity contribution in [2.45, 2.75) is 56.9 Å². The molecule has 5 nitrogen and oxygen atoms in total. The Balaban J connectivity index is 1.22. The average molecular weight is 513 g/mol. The van der Waals surface area contributed by atoms with Crippen molar-refractivity contribution in [2.24, 2.45) is 17.8 Å². The summed E-state index contributed by atoms with van der Waals surface area (Å²) in [5.74, 6) is 1.95. The number of thiophene rings is 1. The van der Waals surface area contributed by atoms with E-state index in [1.54, 1.807) is 0 Å². The third-order valence-electron chi connectivity index (χ3n) is 9.30. The number of aryl methyl sites for hydroxylation is 1. The van der Waals surface area contributed by atoms with E-state index in [2.05, 4.69) is 53.1 Å². The van der Waals surface area contributed by atoms with Crippen LogP contribution in [0.4, 0.5) is 10.7 Å². The van der Waals surface area contributed by atoms with E-state index in [4.69, 9.17) is 4.74 Å². The number of benzene rings is 2. The van der Waals surface area contributed by atoms with E-state index in [9.17, 15) is 9.59 Å². The number of rotatable bonds is 4. The third-order valence-corrected chi connectivity index (χ3v) is 10.5. The molecule has 0 saturated heterocycles. The van der Waals surface area contributed by atoms with Crippen LogP contribution < -0.4 is 10.6 Å². The first-order valence-electron chi connectivity index (χ1n) is 13.6. The molecule has 2 aromatic carbocycles. The zero-order valence-electron chi connectivity index (χ0n) is 21.1. The first kappa shape index (κ1) is 23.0. The average Bonchev–Trinajstić information content (AvgIpc) is 3.66. The molecule has 2 N–H and O–H groups in total. The zero-order chi connectivity index (χ0) is 25.1. The van der Waals surface area contributed by atoms with E-state index in [0.29, 0.717) is 39.9 Å². The lowest BCUT2D eigenvalue weighted by atomic mass is 9.68. The molecule has 0 radical (unpaired) electrons. The lowest BCUT2D eigenvalue weighted by Crippen LogP contribution is -2.35. The molecule has 6 heteroatoms. The molecule has 2 saturated carbocycles. The van der Waals surface area contributed by atoms with Gasteiger partial charge in [0.15, 0.2) is 0 Å². The van der Waals surface area contributed by atoms with Crippen LogP contribution in [0.3, 0.4) is 0 Å². The molecule has 1 amide bonds. The number of carbonyl (C=O) groups is 2. The fraction of sp³-hybridized carbons (Fsp3) is 0.419.